The molecular weight excluding hydrogens is 332 g/mol. The number of fused-ring (bicyclic) bond motifs is 1. The van der Waals surface area contributed by atoms with Gasteiger partial charge < -0.3 is 14.9 Å². The van der Waals surface area contributed by atoms with Crippen molar-refractivity contribution in [1.29, 1.82) is 0 Å². The molecule has 1 aromatic heterocycles. The lowest BCUT2D eigenvalue weighted by Crippen LogP contribution is -2.39. The summed E-state index contributed by atoms with van der Waals surface area (Å²) in [5.41, 5.74) is 3.25. The minimum atomic E-state index is -0.283. The van der Waals surface area contributed by atoms with Crippen molar-refractivity contribution in [3.8, 4) is 0 Å². The molecule has 4 heterocycles. The van der Waals surface area contributed by atoms with Gasteiger partial charge in [0, 0.05) is 56.8 Å². The minimum Gasteiger partial charge on any atom is -0.391 e. The number of rotatable bonds is 3. The first-order chi connectivity index (χ1) is 12.6. The predicted molar refractivity (Wildman–Crippen MR) is 98.2 cm³/mol. The number of nitrogens with zero attached hydrogens (tertiary/aromatic N) is 6. The average Bonchev–Trinajstić information content (AvgIpc) is 3.16. The Morgan fingerprint density at radius 1 is 1.19 bits per heavy atom. The standard InChI is InChI=1S/C18H26N6O2/c1-13-2-9-24(21-13)11-17(26)22-7-4-15-16(5-8-22)19-12-20-18(15)23-6-3-14(25)10-23/h12,14,25H,2-11H2,1H3/t14-/m1/s1. The Balaban J connectivity index is 1.44. The van der Waals surface area contributed by atoms with Crippen molar-refractivity contribution in [2.75, 3.05) is 44.2 Å². The molecule has 140 valence electrons. The number of carbonyl (C=O) groups excluding carboxylic acids is 1. The Hall–Kier alpha value is -2.22. The van der Waals surface area contributed by atoms with E-state index >= 15 is 0 Å². The van der Waals surface area contributed by atoms with Crippen LogP contribution < -0.4 is 4.90 Å². The van der Waals surface area contributed by atoms with Gasteiger partial charge in [-0.2, -0.15) is 5.10 Å². The van der Waals surface area contributed by atoms with Crippen LogP contribution in [0.1, 0.15) is 31.0 Å². The summed E-state index contributed by atoms with van der Waals surface area (Å²) in [6, 6.07) is 0. The number of carbonyl (C=O) groups is 1. The third-order valence-electron chi connectivity index (χ3n) is 5.44. The van der Waals surface area contributed by atoms with Crippen LogP contribution in [0.25, 0.3) is 0 Å². The van der Waals surface area contributed by atoms with Gasteiger partial charge in [-0.3, -0.25) is 9.80 Å². The summed E-state index contributed by atoms with van der Waals surface area (Å²) in [7, 11) is 0. The van der Waals surface area contributed by atoms with Crippen LogP contribution in [0.2, 0.25) is 0 Å². The van der Waals surface area contributed by atoms with Crippen molar-refractivity contribution in [2.24, 2.45) is 5.10 Å². The molecule has 0 unspecified atom stereocenters. The Bertz CT molecular complexity index is 722. The Labute approximate surface area is 153 Å². The second-order valence-corrected chi connectivity index (χ2v) is 7.37. The molecule has 4 rings (SSSR count). The van der Waals surface area contributed by atoms with Crippen molar-refractivity contribution in [3.05, 3.63) is 17.6 Å². The Kier molecular flexibility index (Phi) is 4.76. The fourth-order valence-electron chi connectivity index (χ4n) is 3.97. The van der Waals surface area contributed by atoms with Gasteiger partial charge in [-0.1, -0.05) is 0 Å². The van der Waals surface area contributed by atoms with Gasteiger partial charge in [0.25, 0.3) is 0 Å². The second-order valence-electron chi connectivity index (χ2n) is 7.37. The number of amides is 1. The van der Waals surface area contributed by atoms with Crippen molar-refractivity contribution in [1.82, 2.24) is 19.9 Å². The van der Waals surface area contributed by atoms with Crippen LogP contribution in [-0.2, 0) is 17.6 Å². The maximum absolute atomic E-state index is 12.7. The summed E-state index contributed by atoms with van der Waals surface area (Å²) in [6.07, 6.45) is 4.55. The molecule has 0 radical (unpaired) electrons. The maximum Gasteiger partial charge on any atom is 0.243 e. The summed E-state index contributed by atoms with van der Waals surface area (Å²) in [5.74, 6) is 1.06. The summed E-state index contributed by atoms with van der Waals surface area (Å²) in [5, 5.41) is 16.1. The number of aromatic nitrogens is 2. The van der Waals surface area contributed by atoms with Gasteiger partial charge in [-0.05, 0) is 19.8 Å². The molecule has 8 heteroatoms. The number of hydrazone groups is 1. The van der Waals surface area contributed by atoms with E-state index in [0.29, 0.717) is 26.2 Å². The zero-order chi connectivity index (χ0) is 18.1. The molecule has 0 spiro atoms. The minimum absolute atomic E-state index is 0.127. The number of hydrogen-bond acceptors (Lipinski definition) is 7. The number of β-amino-alcohol motifs (C(OH)–C–C–N with tert-alkyl or cyclic N) is 1. The second kappa shape index (κ2) is 7.19. The van der Waals surface area contributed by atoms with Crippen molar-refractivity contribution in [3.63, 3.8) is 0 Å². The lowest BCUT2D eigenvalue weighted by atomic mass is 10.1. The highest BCUT2D eigenvalue weighted by molar-refractivity contribution is 5.84. The zero-order valence-corrected chi connectivity index (χ0v) is 15.3. The van der Waals surface area contributed by atoms with E-state index < -0.39 is 0 Å². The van der Waals surface area contributed by atoms with Gasteiger partial charge in [0.2, 0.25) is 5.91 Å². The van der Waals surface area contributed by atoms with Crippen molar-refractivity contribution >= 4 is 17.4 Å². The van der Waals surface area contributed by atoms with Gasteiger partial charge in [0.1, 0.15) is 18.7 Å². The fraction of sp³-hybridized carbons (Fsp3) is 0.667. The number of hydrogen-bond donors (Lipinski definition) is 1. The van der Waals surface area contributed by atoms with Gasteiger partial charge in [0.15, 0.2) is 0 Å². The van der Waals surface area contributed by atoms with Crippen molar-refractivity contribution in [2.45, 2.75) is 38.7 Å². The van der Waals surface area contributed by atoms with E-state index in [2.05, 4.69) is 20.0 Å². The summed E-state index contributed by atoms with van der Waals surface area (Å²) >= 11 is 0. The lowest BCUT2D eigenvalue weighted by Gasteiger charge is -2.23. The number of aliphatic hydroxyl groups is 1. The van der Waals surface area contributed by atoms with Crippen LogP contribution in [0.3, 0.4) is 0 Å². The molecule has 1 atom stereocenters. The van der Waals surface area contributed by atoms with E-state index in [1.165, 1.54) is 0 Å². The highest BCUT2D eigenvalue weighted by Crippen LogP contribution is 2.26. The van der Waals surface area contributed by atoms with Crippen molar-refractivity contribution < 1.29 is 9.90 Å². The lowest BCUT2D eigenvalue weighted by molar-refractivity contribution is -0.132. The molecule has 3 aliphatic rings. The Morgan fingerprint density at radius 2 is 2.04 bits per heavy atom. The first-order valence-electron chi connectivity index (χ1n) is 9.42. The molecule has 0 bridgehead atoms. The number of anilines is 1. The SMILES string of the molecule is CC1=NN(CC(=O)N2CCc3ncnc(N4CC[C@@H](O)C4)c3CC2)CC1. The van der Waals surface area contributed by atoms with E-state index in [0.717, 1.165) is 61.6 Å². The molecule has 0 saturated carbocycles. The third kappa shape index (κ3) is 3.51. The van der Waals surface area contributed by atoms with Crippen LogP contribution in [0.5, 0.6) is 0 Å². The van der Waals surface area contributed by atoms with Crippen LogP contribution in [0.4, 0.5) is 5.82 Å². The van der Waals surface area contributed by atoms with E-state index in [-0.39, 0.29) is 12.0 Å². The average molecular weight is 358 g/mol. The van der Waals surface area contributed by atoms with Crippen LogP contribution in [-0.4, -0.2) is 82.0 Å². The normalized spacial score (nSPS) is 23.1. The molecule has 1 fully saturated rings. The van der Waals surface area contributed by atoms with Crippen LogP contribution in [0, 0.1) is 0 Å². The van der Waals surface area contributed by atoms with Gasteiger partial charge in [-0.25, -0.2) is 9.97 Å². The monoisotopic (exact) mass is 358 g/mol. The number of aliphatic hydroxyl groups excluding tert-OH is 1. The molecule has 1 saturated heterocycles. The highest BCUT2D eigenvalue weighted by atomic mass is 16.3. The first-order valence-corrected chi connectivity index (χ1v) is 9.42. The zero-order valence-electron chi connectivity index (χ0n) is 15.3. The molecule has 1 aromatic rings. The highest BCUT2D eigenvalue weighted by Gasteiger charge is 2.28. The van der Waals surface area contributed by atoms with E-state index in [9.17, 15) is 9.90 Å². The van der Waals surface area contributed by atoms with Gasteiger partial charge in [0.05, 0.1) is 11.8 Å². The smallest absolute Gasteiger partial charge is 0.243 e. The van der Waals surface area contributed by atoms with Crippen LogP contribution >= 0.6 is 0 Å². The fourth-order valence-corrected chi connectivity index (χ4v) is 3.97. The molecular formula is C18H26N6O2. The molecule has 3 aliphatic heterocycles. The predicted octanol–water partition coefficient (Wildman–Crippen LogP) is 0.0564. The molecule has 26 heavy (non-hydrogen) atoms. The van der Waals surface area contributed by atoms with E-state index in [1.807, 2.05) is 16.8 Å². The third-order valence-corrected chi connectivity index (χ3v) is 5.44. The molecule has 1 amide bonds. The summed E-state index contributed by atoms with van der Waals surface area (Å²) in [6.45, 7) is 5.99. The first kappa shape index (κ1) is 17.2. The molecule has 1 N–H and O–H groups in total. The topological polar surface area (TPSA) is 85.2 Å². The van der Waals surface area contributed by atoms with E-state index in [4.69, 9.17) is 0 Å². The summed E-state index contributed by atoms with van der Waals surface area (Å²) in [4.78, 5) is 25.7. The molecule has 8 nitrogen and oxygen atoms in total. The summed E-state index contributed by atoms with van der Waals surface area (Å²) < 4.78 is 0. The molecule has 0 aliphatic carbocycles. The van der Waals surface area contributed by atoms with Gasteiger partial charge in [-0.15, -0.1) is 0 Å². The maximum atomic E-state index is 12.7. The van der Waals surface area contributed by atoms with E-state index in [1.54, 1.807) is 6.33 Å². The Morgan fingerprint density at radius 3 is 2.77 bits per heavy atom. The quantitative estimate of drug-likeness (QED) is 0.822. The van der Waals surface area contributed by atoms with Gasteiger partial charge >= 0.3 is 0 Å². The largest absolute Gasteiger partial charge is 0.391 e. The van der Waals surface area contributed by atoms with Crippen LogP contribution in [0.15, 0.2) is 11.4 Å². The molecule has 0 aromatic carbocycles.